The highest BCUT2D eigenvalue weighted by Gasteiger charge is 2.24. The molecule has 0 unspecified atom stereocenters. The molecule has 1 fully saturated rings. The number of halogens is 2. The summed E-state index contributed by atoms with van der Waals surface area (Å²) in [6.45, 7) is 0.769. The fourth-order valence-corrected chi connectivity index (χ4v) is 1.12. The molecular weight excluding hydrogens is 192 g/mol. The molecule has 1 aromatic carbocycles. The van der Waals surface area contributed by atoms with Gasteiger partial charge in [-0.15, -0.1) is 0 Å². The molecular formula is C9H9F2NO2. The Bertz CT molecular complexity index is 353. The molecule has 14 heavy (non-hydrogen) atoms. The molecule has 0 radical (unpaired) electrons. The summed E-state index contributed by atoms with van der Waals surface area (Å²) in [5.74, 6) is -2.23. The number of hydrogen-bond donors (Lipinski definition) is 1. The maximum absolute atomic E-state index is 13.2. The summed E-state index contributed by atoms with van der Waals surface area (Å²) in [5.41, 5.74) is 5.54. The van der Waals surface area contributed by atoms with Crippen molar-refractivity contribution in [2.75, 3.05) is 18.9 Å². The minimum atomic E-state index is -1.04. The molecule has 1 aromatic rings. The van der Waals surface area contributed by atoms with Crippen molar-refractivity contribution in [2.45, 2.75) is 6.10 Å². The van der Waals surface area contributed by atoms with Gasteiger partial charge in [-0.1, -0.05) is 0 Å². The largest absolute Gasteiger partial charge is 0.480 e. The summed E-state index contributed by atoms with van der Waals surface area (Å²) in [6, 6.07) is 2.24. The van der Waals surface area contributed by atoms with Crippen molar-refractivity contribution in [3.8, 4) is 5.75 Å². The zero-order valence-electron chi connectivity index (χ0n) is 7.30. The molecule has 0 aliphatic carbocycles. The van der Waals surface area contributed by atoms with Gasteiger partial charge in [0.2, 0.25) is 5.82 Å². The van der Waals surface area contributed by atoms with Crippen molar-refractivity contribution < 1.29 is 18.3 Å². The molecule has 1 aliphatic rings. The highest BCUT2D eigenvalue weighted by atomic mass is 19.2. The standard InChI is InChI=1S/C9H9F2NO2/c10-6-1-2-7(12)9(8(6)11)14-5-3-13-4-5/h1-2,5H,3-4,12H2. The molecule has 3 nitrogen and oxygen atoms in total. The Labute approximate surface area is 79.4 Å². The zero-order valence-corrected chi connectivity index (χ0v) is 7.30. The minimum Gasteiger partial charge on any atom is -0.480 e. The lowest BCUT2D eigenvalue weighted by molar-refractivity contribution is -0.0807. The number of rotatable bonds is 2. The van der Waals surface area contributed by atoms with E-state index in [1.165, 1.54) is 6.07 Å². The first kappa shape index (κ1) is 9.21. The van der Waals surface area contributed by atoms with Gasteiger partial charge in [-0.2, -0.15) is 4.39 Å². The van der Waals surface area contributed by atoms with Gasteiger partial charge in [0.1, 0.15) is 6.10 Å². The number of benzene rings is 1. The normalized spacial score (nSPS) is 16.4. The van der Waals surface area contributed by atoms with Gasteiger partial charge in [-0.25, -0.2) is 4.39 Å². The molecule has 1 saturated heterocycles. The van der Waals surface area contributed by atoms with E-state index in [2.05, 4.69) is 0 Å². The van der Waals surface area contributed by atoms with Crippen LogP contribution in [0.2, 0.25) is 0 Å². The monoisotopic (exact) mass is 201 g/mol. The Morgan fingerprint density at radius 3 is 2.64 bits per heavy atom. The minimum absolute atomic E-state index is 0.0933. The zero-order chi connectivity index (χ0) is 10.1. The Morgan fingerprint density at radius 1 is 1.36 bits per heavy atom. The van der Waals surface area contributed by atoms with Gasteiger partial charge in [0.25, 0.3) is 0 Å². The van der Waals surface area contributed by atoms with Crippen LogP contribution in [-0.2, 0) is 4.74 Å². The van der Waals surface area contributed by atoms with Gasteiger partial charge < -0.3 is 15.2 Å². The lowest BCUT2D eigenvalue weighted by Crippen LogP contribution is -2.39. The molecule has 0 aromatic heterocycles. The number of ether oxygens (including phenoxy) is 2. The third-order valence-electron chi connectivity index (χ3n) is 1.97. The molecule has 0 bridgehead atoms. The van der Waals surface area contributed by atoms with Gasteiger partial charge in [-0.3, -0.25) is 0 Å². The average Bonchev–Trinajstić information content (AvgIpc) is 2.09. The van der Waals surface area contributed by atoms with Crippen LogP contribution in [0.15, 0.2) is 12.1 Å². The van der Waals surface area contributed by atoms with Crippen molar-refractivity contribution in [1.82, 2.24) is 0 Å². The van der Waals surface area contributed by atoms with Gasteiger partial charge in [0, 0.05) is 0 Å². The van der Waals surface area contributed by atoms with Crippen LogP contribution in [0.3, 0.4) is 0 Å². The quantitative estimate of drug-likeness (QED) is 0.734. The lowest BCUT2D eigenvalue weighted by Gasteiger charge is -2.27. The van der Waals surface area contributed by atoms with Crippen molar-refractivity contribution in [1.29, 1.82) is 0 Å². The van der Waals surface area contributed by atoms with Gasteiger partial charge >= 0.3 is 0 Å². The highest BCUT2D eigenvalue weighted by molar-refractivity contribution is 5.53. The molecule has 0 amide bonds. The molecule has 1 aliphatic heterocycles. The van der Waals surface area contributed by atoms with E-state index in [1.807, 2.05) is 0 Å². The van der Waals surface area contributed by atoms with Crippen LogP contribution in [0.1, 0.15) is 0 Å². The Balaban J connectivity index is 2.25. The maximum Gasteiger partial charge on any atom is 0.202 e. The van der Waals surface area contributed by atoms with Crippen LogP contribution in [-0.4, -0.2) is 19.3 Å². The molecule has 0 spiro atoms. The second kappa shape index (κ2) is 3.42. The second-order valence-corrected chi connectivity index (χ2v) is 3.06. The molecule has 0 atom stereocenters. The first-order valence-electron chi connectivity index (χ1n) is 4.16. The van der Waals surface area contributed by atoms with Gasteiger partial charge in [-0.05, 0) is 12.1 Å². The molecule has 2 N–H and O–H groups in total. The van der Waals surface area contributed by atoms with E-state index in [0.717, 1.165) is 6.07 Å². The van der Waals surface area contributed by atoms with E-state index in [9.17, 15) is 8.78 Å². The van der Waals surface area contributed by atoms with Gasteiger partial charge in [0.05, 0.1) is 18.9 Å². The summed E-state index contributed by atoms with van der Waals surface area (Å²) in [4.78, 5) is 0. The van der Waals surface area contributed by atoms with Crippen LogP contribution >= 0.6 is 0 Å². The van der Waals surface area contributed by atoms with E-state index in [1.54, 1.807) is 0 Å². The number of nitrogens with two attached hydrogens (primary N) is 1. The summed E-state index contributed by atoms with van der Waals surface area (Å²) < 4.78 is 35.9. The first-order chi connectivity index (χ1) is 6.68. The topological polar surface area (TPSA) is 44.5 Å². The Morgan fingerprint density at radius 2 is 2.07 bits per heavy atom. The van der Waals surface area contributed by atoms with Crippen LogP contribution in [0.25, 0.3) is 0 Å². The summed E-state index contributed by atoms with van der Waals surface area (Å²) in [5, 5.41) is 0. The fraction of sp³-hybridized carbons (Fsp3) is 0.333. The van der Waals surface area contributed by atoms with Crippen molar-refractivity contribution in [3.63, 3.8) is 0 Å². The molecule has 1 heterocycles. The lowest BCUT2D eigenvalue weighted by atomic mass is 10.2. The molecule has 2 rings (SSSR count). The van der Waals surface area contributed by atoms with Crippen LogP contribution in [0.5, 0.6) is 5.75 Å². The van der Waals surface area contributed by atoms with Crippen LogP contribution in [0.4, 0.5) is 14.5 Å². The predicted molar refractivity (Wildman–Crippen MR) is 46.0 cm³/mol. The Hall–Kier alpha value is -1.36. The number of anilines is 1. The smallest absolute Gasteiger partial charge is 0.202 e. The SMILES string of the molecule is Nc1ccc(F)c(F)c1OC1COC1. The van der Waals surface area contributed by atoms with E-state index in [4.69, 9.17) is 15.2 Å². The third kappa shape index (κ3) is 1.50. The van der Waals surface area contributed by atoms with Crippen LogP contribution in [0, 0.1) is 11.6 Å². The van der Waals surface area contributed by atoms with Gasteiger partial charge in [0.15, 0.2) is 11.6 Å². The van der Waals surface area contributed by atoms with Crippen LogP contribution < -0.4 is 10.5 Å². The summed E-state index contributed by atoms with van der Waals surface area (Å²) in [7, 11) is 0. The van der Waals surface area contributed by atoms with E-state index >= 15 is 0 Å². The Kier molecular flexibility index (Phi) is 2.25. The predicted octanol–water partition coefficient (Wildman–Crippen LogP) is 1.32. The van der Waals surface area contributed by atoms with E-state index < -0.39 is 11.6 Å². The fourth-order valence-electron chi connectivity index (χ4n) is 1.12. The number of hydrogen-bond acceptors (Lipinski definition) is 3. The van der Waals surface area contributed by atoms with E-state index in [0.29, 0.717) is 13.2 Å². The number of nitrogen functional groups attached to an aromatic ring is 1. The van der Waals surface area contributed by atoms with Crippen molar-refractivity contribution in [2.24, 2.45) is 0 Å². The van der Waals surface area contributed by atoms with Crippen molar-refractivity contribution in [3.05, 3.63) is 23.8 Å². The molecule has 76 valence electrons. The average molecular weight is 201 g/mol. The maximum atomic E-state index is 13.2. The first-order valence-corrected chi connectivity index (χ1v) is 4.16. The molecule has 0 saturated carbocycles. The van der Waals surface area contributed by atoms with Crippen molar-refractivity contribution >= 4 is 5.69 Å². The highest BCUT2D eigenvalue weighted by Crippen LogP contribution is 2.29. The molecule has 5 heteroatoms. The van der Waals surface area contributed by atoms with E-state index in [-0.39, 0.29) is 17.5 Å². The summed E-state index contributed by atoms with van der Waals surface area (Å²) >= 11 is 0. The summed E-state index contributed by atoms with van der Waals surface area (Å²) in [6.07, 6.45) is -0.228. The second-order valence-electron chi connectivity index (χ2n) is 3.06. The third-order valence-corrected chi connectivity index (χ3v) is 1.97.